The van der Waals surface area contributed by atoms with Gasteiger partial charge >= 0.3 is 6.03 Å². The minimum Gasteiger partial charge on any atom is -0.486 e. The van der Waals surface area contributed by atoms with Crippen LogP contribution in [0.1, 0.15) is 19.8 Å². The highest BCUT2D eigenvalue weighted by molar-refractivity contribution is 5.74. The molecule has 2 amide bonds. The van der Waals surface area contributed by atoms with Gasteiger partial charge in [-0.25, -0.2) is 9.18 Å². The van der Waals surface area contributed by atoms with Crippen LogP contribution in [0.2, 0.25) is 0 Å². The van der Waals surface area contributed by atoms with Gasteiger partial charge in [0.1, 0.15) is 6.10 Å². The number of hydrogen-bond donors (Lipinski definition) is 2. The zero-order valence-corrected chi connectivity index (χ0v) is 12.1. The molecule has 0 bridgehead atoms. The molecule has 2 atom stereocenters. The molecule has 2 N–H and O–H groups in total. The summed E-state index contributed by atoms with van der Waals surface area (Å²) in [6.07, 6.45) is 1.38. The van der Waals surface area contributed by atoms with Gasteiger partial charge in [0.25, 0.3) is 0 Å². The quantitative estimate of drug-likeness (QED) is 0.870. The Labute approximate surface area is 123 Å². The standard InChI is InChI=1S/C15H21FN2O3/c1-11(21-14-7-3-2-6-13(14)16)9-17-15(20)18-8-4-5-12(18)10-19/h2-3,6-7,11-12,19H,4-5,8-10H2,1H3,(H,17,20). The van der Waals surface area contributed by atoms with E-state index in [-0.39, 0.29) is 37.1 Å². The zero-order chi connectivity index (χ0) is 15.2. The van der Waals surface area contributed by atoms with Crippen molar-refractivity contribution in [1.29, 1.82) is 0 Å². The summed E-state index contributed by atoms with van der Waals surface area (Å²) in [6.45, 7) is 2.68. The number of benzene rings is 1. The summed E-state index contributed by atoms with van der Waals surface area (Å²) < 4.78 is 18.9. The number of rotatable bonds is 5. The van der Waals surface area contributed by atoms with Crippen LogP contribution in [0.3, 0.4) is 0 Å². The summed E-state index contributed by atoms with van der Waals surface area (Å²) in [4.78, 5) is 13.6. The van der Waals surface area contributed by atoms with Gasteiger partial charge in [-0.15, -0.1) is 0 Å². The van der Waals surface area contributed by atoms with Gasteiger partial charge in [-0.2, -0.15) is 0 Å². The summed E-state index contributed by atoms with van der Waals surface area (Å²) >= 11 is 0. The zero-order valence-electron chi connectivity index (χ0n) is 12.1. The van der Waals surface area contributed by atoms with Crippen molar-refractivity contribution in [2.45, 2.75) is 31.9 Å². The van der Waals surface area contributed by atoms with Gasteiger partial charge in [0, 0.05) is 6.54 Å². The van der Waals surface area contributed by atoms with Crippen LogP contribution in [-0.4, -0.2) is 47.9 Å². The van der Waals surface area contributed by atoms with E-state index in [9.17, 15) is 14.3 Å². The number of ether oxygens (including phenoxy) is 1. The Bertz CT molecular complexity index is 484. The van der Waals surface area contributed by atoms with E-state index in [0.717, 1.165) is 12.8 Å². The fourth-order valence-corrected chi connectivity index (χ4v) is 2.42. The van der Waals surface area contributed by atoms with Gasteiger partial charge in [0.15, 0.2) is 11.6 Å². The van der Waals surface area contributed by atoms with Crippen LogP contribution in [-0.2, 0) is 0 Å². The van der Waals surface area contributed by atoms with Crippen LogP contribution in [0.25, 0.3) is 0 Å². The van der Waals surface area contributed by atoms with Crippen molar-refractivity contribution < 1.29 is 19.0 Å². The lowest BCUT2D eigenvalue weighted by Gasteiger charge is -2.24. The number of hydrogen-bond acceptors (Lipinski definition) is 3. The maximum atomic E-state index is 13.4. The van der Waals surface area contributed by atoms with Gasteiger partial charge in [-0.05, 0) is 31.9 Å². The third kappa shape index (κ3) is 4.07. The molecule has 1 aliphatic rings. The summed E-state index contributed by atoms with van der Waals surface area (Å²) in [5.41, 5.74) is 0. The van der Waals surface area contributed by atoms with Gasteiger partial charge in [0.05, 0.1) is 19.2 Å². The molecule has 1 fully saturated rings. The van der Waals surface area contributed by atoms with E-state index < -0.39 is 5.82 Å². The summed E-state index contributed by atoms with van der Waals surface area (Å²) in [6, 6.07) is 5.85. The second-order valence-corrected chi connectivity index (χ2v) is 5.22. The third-order valence-electron chi connectivity index (χ3n) is 3.55. The van der Waals surface area contributed by atoms with Gasteiger partial charge in [-0.3, -0.25) is 0 Å². The molecular formula is C15H21FN2O3. The topological polar surface area (TPSA) is 61.8 Å². The van der Waals surface area contributed by atoms with Crippen LogP contribution in [0, 0.1) is 5.82 Å². The van der Waals surface area contributed by atoms with Crippen LogP contribution in [0.15, 0.2) is 24.3 Å². The molecule has 0 spiro atoms. The summed E-state index contributed by atoms with van der Waals surface area (Å²) in [5, 5.41) is 12.0. The third-order valence-corrected chi connectivity index (χ3v) is 3.55. The molecule has 0 saturated carbocycles. The van der Waals surface area contributed by atoms with Crippen molar-refractivity contribution in [1.82, 2.24) is 10.2 Å². The molecule has 1 aromatic carbocycles. The first kappa shape index (κ1) is 15.6. The molecule has 2 unspecified atom stereocenters. The monoisotopic (exact) mass is 296 g/mol. The molecule has 6 heteroatoms. The lowest BCUT2D eigenvalue weighted by atomic mass is 10.2. The number of carbonyl (C=O) groups is 1. The summed E-state index contributed by atoms with van der Waals surface area (Å²) in [5.74, 6) is -0.246. The van der Waals surface area contributed by atoms with Crippen LogP contribution in [0.4, 0.5) is 9.18 Å². The van der Waals surface area contributed by atoms with E-state index >= 15 is 0 Å². The van der Waals surface area contributed by atoms with Gasteiger partial charge in [-0.1, -0.05) is 12.1 Å². The molecule has 1 aliphatic heterocycles. The minimum atomic E-state index is -0.421. The highest BCUT2D eigenvalue weighted by atomic mass is 19.1. The van der Waals surface area contributed by atoms with E-state index in [2.05, 4.69) is 5.32 Å². The number of carbonyl (C=O) groups excluding carboxylic acids is 1. The molecule has 1 aromatic rings. The van der Waals surface area contributed by atoms with Crippen LogP contribution >= 0.6 is 0 Å². The fraction of sp³-hybridized carbons (Fsp3) is 0.533. The summed E-state index contributed by atoms with van der Waals surface area (Å²) in [7, 11) is 0. The number of para-hydroxylation sites is 1. The molecule has 0 radical (unpaired) electrons. The second-order valence-electron chi connectivity index (χ2n) is 5.22. The number of aliphatic hydroxyl groups excluding tert-OH is 1. The van der Waals surface area contributed by atoms with Crippen molar-refractivity contribution in [3.05, 3.63) is 30.1 Å². The first-order valence-electron chi connectivity index (χ1n) is 7.18. The number of urea groups is 1. The van der Waals surface area contributed by atoms with E-state index in [4.69, 9.17) is 4.74 Å². The van der Waals surface area contributed by atoms with Crippen molar-refractivity contribution in [2.24, 2.45) is 0 Å². The largest absolute Gasteiger partial charge is 0.486 e. The molecule has 1 saturated heterocycles. The number of nitrogens with one attached hydrogen (secondary N) is 1. The molecule has 0 aromatic heterocycles. The Kier molecular flexibility index (Phi) is 5.38. The Morgan fingerprint density at radius 3 is 3.05 bits per heavy atom. The smallest absolute Gasteiger partial charge is 0.317 e. The van der Waals surface area contributed by atoms with Crippen molar-refractivity contribution in [3.63, 3.8) is 0 Å². The Hall–Kier alpha value is -1.82. The maximum Gasteiger partial charge on any atom is 0.317 e. The average molecular weight is 296 g/mol. The van der Waals surface area contributed by atoms with Crippen molar-refractivity contribution in [3.8, 4) is 5.75 Å². The predicted octanol–water partition coefficient (Wildman–Crippen LogP) is 1.76. The molecule has 2 rings (SSSR count). The van der Waals surface area contributed by atoms with Crippen molar-refractivity contribution >= 4 is 6.03 Å². The Morgan fingerprint density at radius 1 is 1.57 bits per heavy atom. The van der Waals surface area contributed by atoms with Crippen LogP contribution < -0.4 is 10.1 Å². The van der Waals surface area contributed by atoms with Crippen molar-refractivity contribution in [2.75, 3.05) is 19.7 Å². The number of halogens is 1. The lowest BCUT2D eigenvalue weighted by molar-refractivity contribution is 0.150. The molecule has 21 heavy (non-hydrogen) atoms. The first-order chi connectivity index (χ1) is 10.1. The number of aliphatic hydroxyl groups is 1. The molecular weight excluding hydrogens is 275 g/mol. The highest BCUT2D eigenvalue weighted by Crippen LogP contribution is 2.18. The van der Waals surface area contributed by atoms with E-state index in [1.807, 2.05) is 0 Å². The molecule has 1 heterocycles. The van der Waals surface area contributed by atoms with E-state index in [1.54, 1.807) is 30.0 Å². The number of likely N-dealkylation sites (tertiary alicyclic amines) is 1. The number of amides is 2. The molecule has 116 valence electrons. The minimum absolute atomic E-state index is 0.0191. The second kappa shape index (κ2) is 7.26. The Morgan fingerprint density at radius 2 is 2.33 bits per heavy atom. The lowest BCUT2D eigenvalue weighted by Crippen LogP contribution is -2.46. The van der Waals surface area contributed by atoms with Crippen LogP contribution in [0.5, 0.6) is 5.75 Å². The SMILES string of the molecule is CC(CNC(=O)N1CCCC1CO)Oc1ccccc1F. The van der Waals surface area contributed by atoms with E-state index in [0.29, 0.717) is 6.54 Å². The maximum absolute atomic E-state index is 13.4. The Balaban J connectivity index is 1.80. The molecule has 0 aliphatic carbocycles. The normalized spacial score (nSPS) is 19.4. The van der Waals surface area contributed by atoms with E-state index in [1.165, 1.54) is 6.07 Å². The van der Waals surface area contributed by atoms with Gasteiger partial charge < -0.3 is 20.1 Å². The molecule has 5 nitrogen and oxygen atoms in total. The first-order valence-corrected chi connectivity index (χ1v) is 7.18. The number of nitrogens with zero attached hydrogens (tertiary/aromatic N) is 1. The fourth-order valence-electron chi connectivity index (χ4n) is 2.42. The van der Waals surface area contributed by atoms with Gasteiger partial charge in [0.2, 0.25) is 0 Å². The highest BCUT2D eigenvalue weighted by Gasteiger charge is 2.28. The average Bonchev–Trinajstić information content (AvgIpc) is 2.96. The predicted molar refractivity (Wildman–Crippen MR) is 76.7 cm³/mol.